The Balaban J connectivity index is 2.48. The molecule has 1 heteroatoms. The Kier molecular flexibility index (Phi) is 3.66. The fourth-order valence-electron chi connectivity index (χ4n) is 2.91. The molecule has 0 aliphatic rings. The largest absolute Gasteiger partial charge is 0.508 e. The van der Waals surface area contributed by atoms with Gasteiger partial charge in [0.25, 0.3) is 0 Å². The lowest BCUT2D eigenvalue weighted by atomic mass is 9.90. The molecule has 2 aromatic carbocycles. The second-order valence-electron chi connectivity index (χ2n) is 5.61. The van der Waals surface area contributed by atoms with E-state index < -0.39 is 0 Å². The van der Waals surface area contributed by atoms with E-state index in [9.17, 15) is 5.11 Å². The van der Waals surface area contributed by atoms with Gasteiger partial charge in [-0.25, -0.2) is 0 Å². The summed E-state index contributed by atoms with van der Waals surface area (Å²) >= 11 is 0. The number of rotatable bonds is 2. The van der Waals surface area contributed by atoms with E-state index in [2.05, 4.69) is 46.8 Å². The first kappa shape index (κ1) is 13.7. The predicted octanol–water partition coefficient (Wildman–Crippen LogP) is 4.53. The molecule has 0 atom stereocenters. The van der Waals surface area contributed by atoms with Crippen molar-refractivity contribution >= 4 is 0 Å². The molecule has 1 nitrogen and oxygen atoms in total. The molecule has 1 N–H and O–H groups in total. The summed E-state index contributed by atoms with van der Waals surface area (Å²) in [4.78, 5) is 0. The van der Waals surface area contributed by atoms with Crippen LogP contribution >= 0.6 is 0 Å². The van der Waals surface area contributed by atoms with Gasteiger partial charge in [-0.1, -0.05) is 17.7 Å². The average Bonchev–Trinajstić information content (AvgIpc) is 2.25. The summed E-state index contributed by atoms with van der Waals surface area (Å²) in [5.41, 5.74) is 9.08. The van der Waals surface area contributed by atoms with Gasteiger partial charge in [-0.3, -0.25) is 0 Å². The lowest BCUT2D eigenvalue weighted by Crippen LogP contribution is -2.00. The van der Waals surface area contributed by atoms with Crippen LogP contribution in [0.15, 0.2) is 24.3 Å². The van der Waals surface area contributed by atoms with Crippen molar-refractivity contribution in [3.8, 4) is 5.75 Å². The summed E-state index contributed by atoms with van der Waals surface area (Å²) in [7, 11) is 0. The van der Waals surface area contributed by atoms with Crippen LogP contribution in [0.2, 0.25) is 0 Å². The van der Waals surface area contributed by atoms with Gasteiger partial charge in [-0.2, -0.15) is 0 Å². The van der Waals surface area contributed by atoms with Gasteiger partial charge in [0.2, 0.25) is 0 Å². The Bertz CT molecular complexity index is 522. The fraction of sp³-hybridized carbons (Fsp3) is 0.333. The topological polar surface area (TPSA) is 20.2 Å². The van der Waals surface area contributed by atoms with E-state index in [1.165, 1.54) is 27.8 Å². The van der Waals surface area contributed by atoms with Crippen molar-refractivity contribution in [2.24, 2.45) is 0 Å². The normalized spacial score (nSPS) is 10.8. The monoisotopic (exact) mass is 254 g/mol. The van der Waals surface area contributed by atoms with Crippen molar-refractivity contribution in [1.82, 2.24) is 0 Å². The van der Waals surface area contributed by atoms with E-state index in [0.717, 1.165) is 17.5 Å². The van der Waals surface area contributed by atoms with Gasteiger partial charge in [-0.05, 0) is 86.6 Å². The molecule has 2 rings (SSSR count). The van der Waals surface area contributed by atoms with Crippen LogP contribution in [0.4, 0.5) is 0 Å². The van der Waals surface area contributed by atoms with Gasteiger partial charge in [0.05, 0.1) is 0 Å². The first-order valence-corrected chi connectivity index (χ1v) is 6.74. The molecule has 19 heavy (non-hydrogen) atoms. The van der Waals surface area contributed by atoms with Crippen molar-refractivity contribution in [3.63, 3.8) is 0 Å². The minimum absolute atomic E-state index is 0.358. The molecule has 0 unspecified atom stereocenters. The third kappa shape index (κ3) is 2.81. The average molecular weight is 254 g/mol. The van der Waals surface area contributed by atoms with Crippen LogP contribution in [0.25, 0.3) is 0 Å². The van der Waals surface area contributed by atoms with E-state index in [1.807, 2.05) is 12.1 Å². The van der Waals surface area contributed by atoms with Crippen molar-refractivity contribution in [3.05, 3.63) is 63.2 Å². The summed E-state index contributed by atoms with van der Waals surface area (Å²) in [6, 6.07) is 8.18. The van der Waals surface area contributed by atoms with Crippen LogP contribution < -0.4 is 0 Å². The van der Waals surface area contributed by atoms with Crippen molar-refractivity contribution in [2.45, 2.75) is 41.0 Å². The third-order valence-electron chi connectivity index (χ3n) is 3.87. The molecular weight excluding hydrogens is 232 g/mol. The van der Waals surface area contributed by atoms with Gasteiger partial charge in [0, 0.05) is 0 Å². The second-order valence-corrected chi connectivity index (χ2v) is 5.61. The first-order chi connectivity index (χ1) is 8.88. The highest BCUT2D eigenvalue weighted by Gasteiger charge is 2.10. The summed E-state index contributed by atoms with van der Waals surface area (Å²) < 4.78 is 0. The molecule has 0 radical (unpaired) electrons. The van der Waals surface area contributed by atoms with E-state index in [-0.39, 0.29) is 0 Å². The predicted molar refractivity (Wildman–Crippen MR) is 81.0 cm³/mol. The van der Waals surface area contributed by atoms with Gasteiger partial charge < -0.3 is 5.11 Å². The SMILES string of the molecule is Cc1cc(C)c(Cc2c(C)cc(O)cc2C)c(C)c1. The highest BCUT2D eigenvalue weighted by Crippen LogP contribution is 2.26. The number of hydrogen-bond donors (Lipinski definition) is 1. The zero-order chi connectivity index (χ0) is 14.2. The fourth-order valence-corrected chi connectivity index (χ4v) is 2.91. The van der Waals surface area contributed by atoms with Crippen LogP contribution in [-0.2, 0) is 6.42 Å². The maximum absolute atomic E-state index is 9.63. The molecule has 0 aliphatic carbocycles. The molecule has 0 amide bonds. The van der Waals surface area contributed by atoms with E-state index >= 15 is 0 Å². The smallest absolute Gasteiger partial charge is 0.116 e. The van der Waals surface area contributed by atoms with Crippen LogP contribution in [0.5, 0.6) is 5.75 Å². The van der Waals surface area contributed by atoms with E-state index in [4.69, 9.17) is 0 Å². The Morgan fingerprint density at radius 2 is 1.05 bits per heavy atom. The number of phenolic OH excluding ortho intramolecular Hbond substituents is 1. The molecule has 2 aromatic rings. The molecule has 0 saturated heterocycles. The quantitative estimate of drug-likeness (QED) is 0.835. The van der Waals surface area contributed by atoms with Crippen LogP contribution in [-0.4, -0.2) is 5.11 Å². The maximum atomic E-state index is 9.63. The van der Waals surface area contributed by atoms with Gasteiger partial charge >= 0.3 is 0 Å². The summed E-state index contributed by atoms with van der Waals surface area (Å²) in [6.07, 6.45) is 0.940. The van der Waals surface area contributed by atoms with Crippen molar-refractivity contribution < 1.29 is 5.11 Å². The number of aromatic hydroxyl groups is 1. The summed E-state index contributed by atoms with van der Waals surface area (Å²) in [5.74, 6) is 0.358. The second kappa shape index (κ2) is 5.08. The van der Waals surface area contributed by atoms with Crippen molar-refractivity contribution in [2.75, 3.05) is 0 Å². The molecule has 0 aromatic heterocycles. The number of phenols is 1. The van der Waals surface area contributed by atoms with E-state index in [0.29, 0.717) is 5.75 Å². The molecule has 0 bridgehead atoms. The lowest BCUT2D eigenvalue weighted by Gasteiger charge is -2.15. The lowest BCUT2D eigenvalue weighted by molar-refractivity contribution is 0.474. The van der Waals surface area contributed by atoms with Gasteiger partial charge in [0.1, 0.15) is 5.75 Å². The molecule has 0 fully saturated rings. The Morgan fingerprint density at radius 1 is 0.684 bits per heavy atom. The molecule has 0 heterocycles. The van der Waals surface area contributed by atoms with Crippen molar-refractivity contribution in [1.29, 1.82) is 0 Å². The molecule has 100 valence electrons. The number of benzene rings is 2. The zero-order valence-electron chi connectivity index (χ0n) is 12.5. The zero-order valence-corrected chi connectivity index (χ0v) is 12.5. The highest BCUT2D eigenvalue weighted by molar-refractivity contribution is 5.46. The molecule has 0 saturated carbocycles. The molecule has 0 spiro atoms. The number of hydrogen-bond acceptors (Lipinski definition) is 1. The van der Waals surface area contributed by atoms with Crippen LogP contribution in [0, 0.1) is 34.6 Å². The Hall–Kier alpha value is -1.76. The maximum Gasteiger partial charge on any atom is 0.116 e. The molecule has 0 aliphatic heterocycles. The Morgan fingerprint density at radius 3 is 1.47 bits per heavy atom. The summed E-state index contributed by atoms with van der Waals surface area (Å²) in [6.45, 7) is 10.6. The third-order valence-corrected chi connectivity index (χ3v) is 3.87. The minimum atomic E-state index is 0.358. The highest BCUT2D eigenvalue weighted by atomic mass is 16.3. The van der Waals surface area contributed by atoms with Gasteiger partial charge in [0.15, 0.2) is 0 Å². The molecular formula is C18H22O. The minimum Gasteiger partial charge on any atom is -0.508 e. The van der Waals surface area contributed by atoms with E-state index in [1.54, 1.807) is 0 Å². The van der Waals surface area contributed by atoms with Crippen LogP contribution in [0.1, 0.15) is 38.9 Å². The summed E-state index contributed by atoms with van der Waals surface area (Å²) in [5, 5.41) is 9.63. The first-order valence-electron chi connectivity index (χ1n) is 6.74. The number of aryl methyl sites for hydroxylation is 5. The Labute approximate surface area is 115 Å². The van der Waals surface area contributed by atoms with Gasteiger partial charge in [-0.15, -0.1) is 0 Å². The standard InChI is InChI=1S/C18H22O/c1-11-6-12(2)17(13(3)7-11)10-18-14(4)8-16(19)9-15(18)5/h6-9,19H,10H2,1-5H3. The van der Waals surface area contributed by atoms with Crippen LogP contribution in [0.3, 0.4) is 0 Å².